The number of hydrogen-bond acceptors (Lipinski definition) is 2. The van der Waals surface area contributed by atoms with Crippen molar-refractivity contribution >= 4 is 5.91 Å². The monoisotopic (exact) mass is 249 g/mol. The Balaban J connectivity index is 2.36. The van der Waals surface area contributed by atoms with Gasteiger partial charge in [0.2, 0.25) is 5.91 Å². The molecule has 0 aliphatic carbocycles. The Labute approximate surface area is 109 Å². The third kappa shape index (κ3) is 5.32. The number of carbonyl (C=O) groups excluding carboxylic acids is 1. The number of rotatable bonds is 6. The molecule has 1 unspecified atom stereocenters. The summed E-state index contributed by atoms with van der Waals surface area (Å²) in [7, 11) is 1.79. The van der Waals surface area contributed by atoms with Crippen LogP contribution in [0.2, 0.25) is 0 Å². The fourth-order valence-electron chi connectivity index (χ4n) is 1.81. The minimum absolute atomic E-state index is 0.136. The third-order valence-corrected chi connectivity index (χ3v) is 3.02. The molecule has 18 heavy (non-hydrogen) atoms. The zero-order valence-corrected chi connectivity index (χ0v) is 11.5. The van der Waals surface area contributed by atoms with Crippen molar-refractivity contribution in [3.63, 3.8) is 0 Å². The Hall–Kier alpha value is -1.35. The Kier molecular flexibility index (Phi) is 5.86. The Morgan fingerprint density at radius 2 is 2.17 bits per heavy atom. The first-order valence-electron chi connectivity index (χ1n) is 6.46. The van der Waals surface area contributed by atoms with Crippen LogP contribution in [0.15, 0.2) is 24.3 Å². The third-order valence-electron chi connectivity index (χ3n) is 3.02. The van der Waals surface area contributed by atoms with Crippen LogP contribution in [0.25, 0.3) is 0 Å². The minimum Gasteiger partial charge on any atom is -0.393 e. The van der Waals surface area contributed by atoms with Gasteiger partial charge in [-0.25, -0.2) is 0 Å². The van der Waals surface area contributed by atoms with E-state index in [1.165, 1.54) is 11.1 Å². The number of nitrogens with zero attached hydrogens (tertiary/aromatic N) is 1. The van der Waals surface area contributed by atoms with Crippen molar-refractivity contribution in [3.05, 3.63) is 35.4 Å². The molecular weight excluding hydrogens is 226 g/mol. The lowest BCUT2D eigenvalue weighted by atomic mass is 10.1. The second-order valence-electron chi connectivity index (χ2n) is 4.94. The van der Waals surface area contributed by atoms with Crippen LogP contribution in [0.1, 0.15) is 30.9 Å². The molecule has 0 aliphatic heterocycles. The van der Waals surface area contributed by atoms with Gasteiger partial charge in [0.1, 0.15) is 0 Å². The fourth-order valence-corrected chi connectivity index (χ4v) is 1.81. The van der Waals surface area contributed by atoms with E-state index in [1.807, 2.05) is 6.07 Å². The molecule has 0 spiro atoms. The quantitative estimate of drug-likeness (QED) is 0.839. The maximum Gasteiger partial charge on any atom is 0.222 e. The van der Waals surface area contributed by atoms with E-state index >= 15 is 0 Å². The molecular formula is C15H23NO2. The summed E-state index contributed by atoms with van der Waals surface area (Å²) in [5.74, 6) is 0.136. The molecule has 3 heteroatoms. The average Bonchev–Trinajstić information content (AvgIpc) is 2.33. The fraction of sp³-hybridized carbons (Fsp3) is 0.533. The minimum atomic E-state index is -0.350. The molecule has 0 heterocycles. The summed E-state index contributed by atoms with van der Waals surface area (Å²) in [6.07, 6.45) is 1.59. The van der Waals surface area contributed by atoms with Crippen molar-refractivity contribution in [1.82, 2.24) is 4.90 Å². The molecule has 1 amide bonds. The zero-order chi connectivity index (χ0) is 13.5. The number of aliphatic hydroxyl groups is 1. The van der Waals surface area contributed by atoms with Gasteiger partial charge in [0, 0.05) is 20.0 Å². The highest BCUT2D eigenvalue weighted by Gasteiger charge is 2.09. The summed E-state index contributed by atoms with van der Waals surface area (Å²) in [6, 6.07) is 8.24. The van der Waals surface area contributed by atoms with E-state index < -0.39 is 0 Å². The van der Waals surface area contributed by atoms with Crippen LogP contribution < -0.4 is 0 Å². The van der Waals surface area contributed by atoms with Crippen LogP contribution in [0.4, 0.5) is 0 Å². The van der Waals surface area contributed by atoms with Gasteiger partial charge in [0.05, 0.1) is 6.10 Å². The summed E-state index contributed by atoms with van der Waals surface area (Å²) in [5, 5.41) is 9.18. The van der Waals surface area contributed by atoms with Gasteiger partial charge in [0.15, 0.2) is 0 Å². The smallest absolute Gasteiger partial charge is 0.222 e. The highest BCUT2D eigenvalue weighted by molar-refractivity contribution is 5.76. The molecule has 0 aromatic heterocycles. The Bertz CT molecular complexity index is 388. The van der Waals surface area contributed by atoms with Gasteiger partial charge in [-0.05, 0) is 32.3 Å². The lowest BCUT2D eigenvalue weighted by Gasteiger charge is -2.18. The predicted molar refractivity (Wildman–Crippen MR) is 73.4 cm³/mol. The number of hydrogen-bond donors (Lipinski definition) is 1. The van der Waals surface area contributed by atoms with E-state index in [1.54, 1.807) is 18.9 Å². The van der Waals surface area contributed by atoms with E-state index in [0.29, 0.717) is 19.4 Å². The van der Waals surface area contributed by atoms with Crippen molar-refractivity contribution in [2.24, 2.45) is 0 Å². The van der Waals surface area contributed by atoms with Gasteiger partial charge >= 0.3 is 0 Å². The van der Waals surface area contributed by atoms with Crippen molar-refractivity contribution in [2.45, 2.75) is 39.2 Å². The first-order chi connectivity index (χ1) is 8.49. The second kappa shape index (κ2) is 7.17. The number of carbonyl (C=O) groups is 1. The topological polar surface area (TPSA) is 40.5 Å². The van der Waals surface area contributed by atoms with Gasteiger partial charge in [-0.1, -0.05) is 29.8 Å². The molecule has 3 nitrogen and oxygen atoms in total. The molecule has 1 N–H and O–H groups in total. The average molecular weight is 249 g/mol. The maximum absolute atomic E-state index is 11.9. The van der Waals surface area contributed by atoms with Crippen molar-refractivity contribution in [1.29, 1.82) is 0 Å². The normalized spacial score (nSPS) is 12.2. The first-order valence-corrected chi connectivity index (χ1v) is 6.46. The molecule has 0 aliphatic rings. The lowest BCUT2D eigenvalue weighted by molar-refractivity contribution is -0.130. The largest absolute Gasteiger partial charge is 0.393 e. The van der Waals surface area contributed by atoms with Crippen LogP contribution in [0.3, 0.4) is 0 Å². The highest BCUT2D eigenvalue weighted by atomic mass is 16.3. The SMILES string of the molecule is Cc1cccc(CCC(=O)N(C)CCC(C)O)c1. The lowest BCUT2D eigenvalue weighted by Crippen LogP contribution is -2.29. The van der Waals surface area contributed by atoms with Gasteiger partial charge in [-0.15, -0.1) is 0 Å². The number of amides is 1. The van der Waals surface area contributed by atoms with E-state index in [0.717, 1.165) is 6.42 Å². The molecule has 0 fully saturated rings. The van der Waals surface area contributed by atoms with Crippen molar-refractivity contribution in [2.75, 3.05) is 13.6 Å². The number of aliphatic hydroxyl groups excluding tert-OH is 1. The van der Waals surface area contributed by atoms with Gasteiger partial charge in [-0.3, -0.25) is 4.79 Å². The molecule has 1 atom stereocenters. The standard InChI is InChI=1S/C15H23NO2/c1-12-5-4-6-14(11-12)7-8-15(18)16(3)10-9-13(2)17/h4-6,11,13,17H,7-10H2,1-3H3. The molecule has 0 saturated carbocycles. The molecule has 0 bridgehead atoms. The first kappa shape index (κ1) is 14.7. The second-order valence-corrected chi connectivity index (χ2v) is 4.94. The van der Waals surface area contributed by atoms with Crippen LogP contribution in [-0.4, -0.2) is 35.6 Å². The van der Waals surface area contributed by atoms with Crippen LogP contribution in [-0.2, 0) is 11.2 Å². The summed E-state index contributed by atoms with van der Waals surface area (Å²) in [6.45, 7) is 4.41. The molecule has 0 saturated heterocycles. The summed E-state index contributed by atoms with van der Waals surface area (Å²) >= 11 is 0. The molecule has 100 valence electrons. The van der Waals surface area contributed by atoms with Gasteiger partial charge in [0.25, 0.3) is 0 Å². The highest BCUT2D eigenvalue weighted by Crippen LogP contribution is 2.07. The molecule has 1 aromatic rings. The Morgan fingerprint density at radius 3 is 2.78 bits per heavy atom. The van der Waals surface area contributed by atoms with E-state index in [9.17, 15) is 9.90 Å². The predicted octanol–water partition coefficient (Wildman–Crippen LogP) is 2.16. The number of aryl methyl sites for hydroxylation is 2. The van der Waals surface area contributed by atoms with Gasteiger partial charge < -0.3 is 10.0 Å². The summed E-state index contributed by atoms with van der Waals surface area (Å²) in [5.41, 5.74) is 2.43. The van der Waals surface area contributed by atoms with Crippen LogP contribution in [0, 0.1) is 6.92 Å². The summed E-state index contributed by atoms with van der Waals surface area (Å²) in [4.78, 5) is 13.6. The van der Waals surface area contributed by atoms with E-state index in [4.69, 9.17) is 0 Å². The van der Waals surface area contributed by atoms with E-state index in [2.05, 4.69) is 25.1 Å². The number of benzene rings is 1. The molecule has 1 rings (SSSR count). The maximum atomic E-state index is 11.9. The molecule has 0 radical (unpaired) electrons. The zero-order valence-electron chi connectivity index (χ0n) is 11.5. The summed E-state index contributed by atoms with van der Waals surface area (Å²) < 4.78 is 0. The Morgan fingerprint density at radius 1 is 1.44 bits per heavy atom. The van der Waals surface area contributed by atoms with Crippen LogP contribution >= 0.6 is 0 Å². The van der Waals surface area contributed by atoms with Crippen molar-refractivity contribution in [3.8, 4) is 0 Å². The van der Waals surface area contributed by atoms with Crippen molar-refractivity contribution < 1.29 is 9.90 Å². The van der Waals surface area contributed by atoms with E-state index in [-0.39, 0.29) is 12.0 Å². The van der Waals surface area contributed by atoms with Gasteiger partial charge in [-0.2, -0.15) is 0 Å². The van der Waals surface area contributed by atoms with Crippen LogP contribution in [0.5, 0.6) is 0 Å². The molecule has 1 aromatic carbocycles.